The Hall–Kier alpha value is -2.97. The Morgan fingerprint density at radius 3 is 1.85 bits per heavy atom. The maximum absolute atomic E-state index is 11.9. The van der Waals surface area contributed by atoms with E-state index in [1.807, 2.05) is 0 Å². The summed E-state index contributed by atoms with van der Waals surface area (Å²) < 4.78 is 0. The Morgan fingerprint density at radius 2 is 1.50 bits per heavy atom. The normalized spacial score (nSPS) is 9.80. The van der Waals surface area contributed by atoms with Gasteiger partial charge >= 0.3 is 11.9 Å². The lowest BCUT2D eigenvalue weighted by Crippen LogP contribution is -2.39. The number of carbonyl (C=O) groups excluding carboxylic acids is 1. The van der Waals surface area contributed by atoms with E-state index in [1.54, 1.807) is 0 Å². The minimum Gasteiger partial charge on any atom is -0.480 e. The van der Waals surface area contributed by atoms with E-state index in [0.29, 0.717) is 4.90 Å². The molecular weight excluding hydrogens is 272 g/mol. The van der Waals surface area contributed by atoms with Gasteiger partial charge in [-0.25, -0.2) is 0 Å². The fraction of sp³-hybridized carbons (Fsp3) is 0.182. The van der Waals surface area contributed by atoms with Crippen LogP contribution in [-0.2, 0) is 9.59 Å². The number of aliphatic carboxylic acids is 2. The van der Waals surface area contributed by atoms with E-state index >= 15 is 0 Å². The van der Waals surface area contributed by atoms with Gasteiger partial charge < -0.3 is 15.1 Å². The van der Waals surface area contributed by atoms with Gasteiger partial charge in [0, 0.05) is 17.7 Å². The number of nitro groups is 1. The first-order chi connectivity index (χ1) is 9.31. The topological polar surface area (TPSA) is 138 Å². The first-order valence-electron chi connectivity index (χ1n) is 5.28. The zero-order valence-corrected chi connectivity index (χ0v) is 10.1. The minimum absolute atomic E-state index is 0.0295. The van der Waals surface area contributed by atoms with Crippen LogP contribution in [0.5, 0.6) is 0 Å². The van der Waals surface area contributed by atoms with Crippen LogP contribution in [0.2, 0.25) is 0 Å². The van der Waals surface area contributed by atoms with Crippen molar-refractivity contribution in [3.63, 3.8) is 0 Å². The third-order valence-electron chi connectivity index (χ3n) is 2.26. The summed E-state index contributed by atoms with van der Waals surface area (Å²) in [6.45, 7) is -1.55. The van der Waals surface area contributed by atoms with Crippen LogP contribution in [0.1, 0.15) is 10.4 Å². The molecule has 1 aromatic rings. The number of amides is 1. The largest absolute Gasteiger partial charge is 0.480 e. The first-order valence-corrected chi connectivity index (χ1v) is 5.28. The predicted molar refractivity (Wildman–Crippen MR) is 64.3 cm³/mol. The predicted octanol–water partition coefficient (Wildman–Crippen LogP) is 0.206. The third kappa shape index (κ3) is 4.05. The number of carboxylic acid groups (broad SMARTS) is 2. The van der Waals surface area contributed by atoms with Gasteiger partial charge in [0.1, 0.15) is 13.1 Å². The second-order valence-corrected chi connectivity index (χ2v) is 3.75. The summed E-state index contributed by atoms with van der Waals surface area (Å²) in [5, 5.41) is 27.7. The van der Waals surface area contributed by atoms with Crippen molar-refractivity contribution in [2.24, 2.45) is 0 Å². The maximum atomic E-state index is 11.9. The highest BCUT2D eigenvalue weighted by Crippen LogP contribution is 2.13. The van der Waals surface area contributed by atoms with E-state index in [9.17, 15) is 24.5 Å². The fourth-order valence-corrected chi connectivity index (χ4v) is 1.43. The van der Waals surface area contributed by atoms with Gasteiger partial charge in [-0.05, 0) is 12.1 Å². The number of carboxylic acids is 2. The Bertz CT molecular complexity index is 536. The molecular formula is C11H10N2O7. The molecule has 2 N–H and O–H groups in total. The molecule has 0 aliphatic carbocycles. The lowest BCUT2D eigenvalue weighted by molar-refractivity contribution is -0.384. The molecule has 0 fully saturated rings. The van der Waals surface area contributed by atoms with Gasteiger partial charge in [0.25, 0.3) is 11.6 Å². The van der Waals surface area contributed by atoms with Crippen molar-refractivity contribution in [2.75, 3.05) is 13.1 Å². The van der Waals surface area contributed by atoms with Crippen LogP contribution >= 0.6 is 0 Å². The standard InChI is InChI=1S/C11H10N2O7/c14-9(15)5-12(6-10(16)17)11(18)7-1-3-8(4-2-7)13(19)20/h1-4H,5-6H2,(H,14,15)(H,16,17). The molecule has 1 amide bonds. The summed E-state index contributed by atoms with van der Waals surface area (Å²) in [6, 6.07) is 4.42. The minimum atomic E-state index is -1.36. The van der Waals surface area contributed by atoms with Gasteiger partial charge in [0.15, 0.2) is 0 Å². The monoisotopic (exact) mass is 282 g/mol. The second-order valence-electron chi connectivity index (χ2n) is 3.75. The van der Waals surface area contributed by atoms with Crippen molar-refractivity contribution >= 4 is 23.5 Å². The van der Waals surface area contributed by atoms with E-state index in [-0.39, 0.29) is 11.3 Å². The Morgan fingerprint density at radius 1 is 1.05 bits per heavy atom. The molecule has 0 unspecified atom stereocenters. The quantitative estimate of drug-likeness (QED) is 0.561. The lowest BCUT2D eigenvalue weighted by Gasteiger charge is -2.18. The van der Waals surface area contributed by atoms with Crippen LogP contribution in [0, 0.1) is 10.1 Å². The van der Waals surface area contributed by atoms with E-state index in [1.165, 1.54) is 0 Å². The van der Waals surface area contributed by atoms with E-state index in [4.69, 9.17) is 10.2 Å². The van der Waals surface area contributed by atoms with Gasteiger partial charge in [-0.15, -0.1) is 0 Å². The van der Waals surface area contributed by atoms with E-state index in [2.05, 4.69) is 0 Å². The maximum Gasteiger partial charge on any atom is 0.323 e. The molecule has 0 aliphatic heterocycles. The van der Waals surface area contributed by atoms with Crippen LogP contribution in [0.4, 0.5) is 5.69 Å². The Labute approximate surface area is 112 Å². The number of carbonyl (C=O) groups is 3. The third-order valence-corrected chi connectivity index (χ3v) is 2.26. The molecule has 9 nitrogen and oxygen atoms in total. The summed E-state index contributed by atoms with van der Waals surface area (Å²) in [4.78, 5) is 43.5. The number of hydrogen-bond donors (Lipinski definition) is 2. The van der Waals surface area contributed by atoms with Crippen molar-refractivity contribution in [2.45, 2.75) is 0 Å². The molecule has 0 aliphatic rings. The summed E-state index contributed by atoms with van der Waals surface area (Å²) in [7, 11) is 0. The van der Waals surface area contributed by atoms with Crippen LogP contribution in [0.3, 0.4) is 0 Å². The molecule has 9 heteroatoms. The van der Waals surface area contributed by atoms with Gasteiger partial charge in [-0.1, -0.05) is 0 Å². The van der Waals surface area contributed by atoms with Gasteiger partial charge in [-0.3, -0.25) is 24.5 Å². The van der Waals surface area contributed by atoms with Gasteiger partial charge in [0.2, 0.25) is 0 Å². The molecule has 0 spiro atoms. The number of nitro benzene ring substituents is 1. The zero-order chi connectivity index (χ0) is 15.3. The molecule has 0 aromatic heterocycles. The SMILES string of the molecule is O=C(O)CN(CC(=O)O)C(=O)c1ccc([N+](=O)[O-])cc1. The lowest BCUT2D eigenvalue weighted by atomic mass is 10.2. The summed E-state index contributed by atoms with van der Waals surface area (Å²) in [5.41, 5.74) is -0.261. The van der Waals surface area contributed by atoms with Crippen LogP contribution in [-0.4, -0.2) is 51.0 Å². The van der Waals surface area contributed by atoms with Crippen LogP contribution in [0.25, 0.3) is 0 Å². The number of non-ortho nitro benzene ring substituents is 1. The van der Waals surface area contributed by atoms with E-state index < -0.39 is 35.9 Å². The van der Waals surface area contributed by atoms with Crippen LogP contribution in [0.15, 0.2) is 24.3 Å². The molecule has 0 atom stereocenters. The second kappa shape index (κ2) is 6.27. The number of hydrogen-bond acceptors (Lipinski definition) is 5. The first kappa shape index (κ1) is 15.1. The highest BCUT2D eigenvalue weighted by atomic mass is 16.6. The summed E-state index contributed by atoms with van der Waals surface area (Å²) in [5.74, 6) is -3.55. The van der Waals surface area contributed by atoms with Gasteiger partial charge in [-0.2, -0.15) is 0 Å². The fourth-order valence-electron chi connectivity index (χ4n) is 1.43. The van der Waals surface area contributed by atoms with E-state index in [0.717, 1.165) is 24.3 Å². The zero-order valence-electron chi connectivity index (χ0n) is 10.1. The highest BCUT2D eigenvalue weighted by Gasteiger charge is 2.21. The molecule has 1 aromatic carbocycles. The van der Waals surface area contributed by atoms with Crippen molar-refractivity contribution in [3.8, 4) is 0 Å². The smallest absolute Gasteiger partial charge is 0.323 e. The average molecular weight is 282 g/mol. The molecule has 0 heterocycles. The molecule has 106 valence electrons. The number of nitrogens with zero attached hydrogens (tertiary/aromatic N) is 2. The molecule has 20 heavy (non-hydrogen) atoms. The van der Waals surface area contributed by atoms with Crippen LogP contribution < -0.4 is 0 Å². The molecule has 0 saturated heterocycles. The number of rotatable bonds is 6. The average Bonchev–Trinajstić information content (AvgIpc) is 2.36. The van der Waals surface area contributed by atoms with Crippen molar-refractivity contribution < 1.29 is 29.5 Å². The van der Waals surface area contributed by atoms with Gasteiger partial charge in [0.05, 0.1) is 4.92 Å². The highest BCUT2D eigenvalue weighted by molar-refractivity contribution is 5.97. The summed E-state index contributed by atoms with van der Waals surface area (Å²) in [6.07, 6.45) is 0. The Kier molecular flexibility index (Phi) is 4.73. The molecule has 0 saturated carbocycles. The number of benzene rings is 1. The molecule has 0 bridgehead atoms. The van der Waals surface area contributed by atoms with Crippen molar-refractivity contribution in [3.05, 3.63) is 39.9 Å². The molecule has 0 radical (unpaired) electrons. The molecule has 1 rings (SSSR count). The van der Waals surface area contributed by atoms with Crippen molar-refractivity contribution in [1.29, 1.82) is 0 Å². The Balaban J connectivity index is 2.95. The summed E-state index contributed by atoms with van der Waals surface area (Å²) >= 11 is 0. The van der Waals surface area contributed by atoms with Crippen molar-refractivity contribution in [1.82, 2.24) is 4.90 Å².